The third kappa shape index (κ3) is 2.55. The molecule has 0 spiro atoms. The monoisotopic (exact) mass is 339 g/mol. The van der Waals surface area contributed by atoms with Crippen molar-refractivity contribution in [1.29, 1.82) is 0 Å². The van der Waals surface area contributed by atoms with Gasteiger partial charge in [-0.2, -0.15) is 0 Å². The number of aromatic nitrogens is 4. The molecule has 4 rings (SSSR count). The third-order valence-electron chi connectivity index (χ3n) is 4.54. The molecule has 0 atom stereocenters. The molecule has 124 valence electrons. The van der Waals surface area contributed by atoms with E-state index in [0.29, 0.717) is 5.92 Å². The normalized spacial score (nSPS) is 14.0. The minimum Gasteiger partial charge on any atom is -0.346 e. The Kier molecular flexibility index (Phi) is 3.72. The van der Waals surface area contributed by atoms with Crippen molar-refractivity contribution in [3.63, 3.8) is 0 Å². The van der Waals surface area contributed by atoms with E-state index in [4.69, 9.17) is 4.98 Å². The summed E-state index contributed by atoms with van der Waals surface area (Å²) in [5.74, 6) is 2.53. The Bertz CT molecular complexity index is 915. The van der Waals surface area contributed by atoms with Gasteiger partial charge in [-0.3, -0.25) is 0 Å². The van der Waals surface area contributed by atoms with Crippen LogP contribution >= 0.6 is 11.3 Å². The van der Waals surface area contributed by atoms with Crippen molar-refractivity contribution in [3.05, 3.63) is 40.0 Å². The van der Waals surface area contributed by atoms with Crippen LogP contribution < -0.4 is 4.90 Å². The lowest BCUT2D eigenvalue weighted by Gasteiger charge is -2.17. The van der Waals surface area contributed by atoms with E-state index in [0.717, 1.165) is 41.7 Å². The number of hydrogen-bond donors (Lipinski definition) is 0. The quantitative estimate of drug-likeness (QED) is 0.726. The van der Waals surface area contributed by atoms with Crippen LogP contribution in [0.2, 0.25) is 0 Å². The summed E-state index contributed by atoms with van der Waals surface area (Å²) in [4.78, 5) is 23.0. The first-order valence-electron chi connectivity index (χ1n) is 8.32. The molecule has 0 saturated carbocycles. The summed E-state index contributed by atoms with van der Waals surface area (Å²) in [6.45, 7) is 10.3. The number of aryl methyl sites for hydroxylation is 2. The van der Waals surface area contributed by atoms with Crippen LogP contribution in [0.5, 0.6) is 0 Å². The lowest BCUT2D eigenvalue weighted by atomic mass is 10.1. The maximum absolute atomic E-state index is 4.78. The first-order chi connectivity index (χ1) is 11.5. The summed E-state index contributed by atoms with van der Waals surface area (Å²) in [5.41, 5.74) is 3.63. The van der Waals surface area contributed by atoms with Gasteiger partial charge in [-0.1, -0.05) is 13.8 Å². The number of fused-ring (bicyclic) bond motifs is 2. The molecule has 0 fully saturated rings. The van der Waals surface area contributed by atoms with E-state index in [1.807, 2.05) is 6.20 Å². The molecule has 0 bridgehead atoms. The van der Waals surface area contributed by atoms with E-state index in [1.54, 1.807) is 17.7 Å². The second-order valence-electron chi connectivity index (χ2n) is 6.87. The Hall–Kier alpha value is -2.08. The van der Waals surface area contributed by atoms with Crippen LogP contribution in [0.1, 0.15) is 41.4 Å². The predicted molar refractivity (Wildman–Crippen MR) is 97.4 cm³/mol. The predicted octanol–water partition coefficient (Wildman–Crippen LogP) is 3.82. The van der Waals surface area contributed by atoms with Gasteiger partial charge in [0.25, 0.3) is 0 Å². The minimum atomic E-state index is 0.568. The summed E-state index contributed by atoms with van der Waals surface area (Å²) in [6.07, 6.45) is 4.59. The summed E-state index contributed by atoms with van der Waals surface area (Å²) in [7, 11) is 0. The molecule has 0 aromatic carbocycles. The second kappa shape index (κ2) is 5.77. The van der Waals surface area contributed by atoms with Gasteiger partial charge in [0, 0.05) is 29.6 Å². The number of thiophene rings is 1. The first-order valence-corrected chi connectivity index (χ1v) is 9.14. The maximum atomic E-state index is 4.78. The Morgan fingerprint density at radius 1 is 1.17 bits per heavy atom. The average Bonchev–Trinajstić information content (AvgIpc) is 3.08. The lowest BCUT2D eigenvalue weighted by Crippen LogP contribution is -2.16. The van der Waals surface area contributed by atoms with E-state index in [-0.39, 0.29) is 0 Å². The highest BCUT2D eigenvalue weighted by atomic mass is 32.1. The number of anilines is 1. The fourth-order valence-corrected chi connectivity index (χ4v) is 4.20. The Labute approximate surface area is 145 Å². The molecule has 0 N–H and O–H groups in total. The number of nitrogens with zero attached hydrogens (tertiary/aromatic N) is 5. The molecule has 5 nitrogen and oxygen atoms in total. The molecular formula is C18H21N5S. The number of rotatable bonds is 3. The van der Waals surface area contributed by atoms with Crippen LogP contribution in [0.3, 0.4) is 0 Å². The highest BCUT2D eigenvalue weighted by Gasteiger charge is 2.25. The Morgan fingerprint density at radius 2 is 2.00 bits per heavy atom. The van der Waals surface area contributed by atoms with Gasteiger partial charge in [0.05, 0.1) is 17.6 Å². The van der Waals surface area contributed by atoms with Gasteiger partial charge in [-0.25, -0.2) is 19.9 Å². The molecule has 0 saturated heterocycles. The van der Waals surface area contributed by atoms with Crippen molar-refractivity contribution in [2.75, 3.05) is 4.90 Å². The highest BCUT2D eigenvalue weighted by Crippen LogP contribution is 2.36. The summed E-state index contributed by atoms with van der Waals surface area (Å²) in [5, 5.41) is 1.18. The van der Waals surface area contributed by atoms with Gasteiger partial charge in [0.1, 0.15) is 22.8 Å². The van der Waals surface area contributed by atoms with Crippen molar-refractivity contribution in [2.24, 2.45) is 5.92 Å². The van der Waals surface area contributed by atoms with Crippen molar-refractivity contribution in [1.82, 2.24) is 19.9 Å². The smallest absolute Gasteiger partial charge is 0.141 e. The van der Waals surface area contributed by atoms with Crippen molar-refractivity contribution < 1.29 is 0 Å². The van der Waals surface area contributed by atoms with Crippen LogP contribution in [-0.2, 0) is 19.5 Å². The molecule has 1 aliphatic rings. The largest absolute Gasteiger partial charge is 0.346 e. The van der Waals surface area contributed by atoms with Crippen molar-refractivity contribution >= 4 is 27.4 Å². The molecule has 4 heterocycles. The minimum absolute atomic E-state index is 0.568. The van der Waals surface area contributed by atoms with E-state index in [2.05, 4.69) is 47.5 Å². The van der Waals surface area contributed by atoms with E-state index in [9.17, 15) is 0 Å². The molecule has 0 radical (unpaired) electrons. The lowest BCUT2D eigenvalue weighted by molar-refractivity contribution is 0.617. The Balaban J connectivity index is 1.70. The van der Waals surface area contributed by atoms with Gasteiger partial charge in [-0.15, -0.1) is 11.3 Å². The van der Waals surface area contributed by atoms with Gasteiger partial charge < -0.3 is 4.90 Å². The molecule has 3 aromatic rings. The fraction of sp³-hybridized carbons (Fsp3) is 0.444. The van der Waals surface area contributed by atoms with Crippen LogP contribution in [0, 0.1) is 19.8 Å². The van der Waals surface area contributed by atoms with Crippen molar-refractivity contribution in [2.45, 2.75) is 47.2 Å². The maximum Gasteiger partial charge on any atom is 0.141 e. The van der Waals surface area contributed by atoms with Crippen LogP contribution in [0.4, 0.5) is 5.82 Å². The molecule has 6 heteroatoms. The summed E-state index contributed by atoms with van der Waals surface area (Å²) >= 11 is 1.74. The van der Waals surface area contributed by atoms with Crippen LogP contribution in [0.25, 0.3) is 10.2 Å². The fourth-order valence-electron chi connectivity index (χ4n) is 3.21. The van der Waals surface area contributed by atoms with Gasteiger partial charge >= 0.3 is 0 Å². The van der Waals surface area contributed by atoms with Gasteiger partial charge in [0.15, 0.2) is 0 Å². The standard InChI is InChI=1S/C18H21N5S/c1-10(2)5-15-19-6-13-7-23(8-14(13)22-15)17-16-11(3)12(4)24-18(16)21-9-20-17/h6,9-10H,5,7-8H2,1-4H3. The molecule has 1 aliphatic heterocycles. The van der Waals surface area contributed by atoms with E-state index in [1.165, 1.54) is 21.4 Å². The van der Waals surface area contributed by atoms with E-state index >= 15 is 0 Å². The molecule has 0 aliphatic carbocycles. The number of hydrogen-bond acceptors (Lipinski definition) is 6. The zero-order chi connectivity index (χ0) is 16.8. The van der Waals surface area contributed by atoms with Gasteiger partial charge in [-0.05, 0) is 25.3 Å². The summed E-state index contributed by atoms with van der Waals surface area (Å²) in [6, 6.07) is 0. The van der Waals surface area contributed by atoms with Crippen molar-refractivity contribution in [3.8, 4) is 0 Å². The van der Waals surface area contributed by atoms with Crippen LogP contribution in [-0.4, -0.2) is 19.9 Å². The molecule has 0 amide bonds. The topological polar surface area (TPSA) is 54.8 Å². The molecule has 24 heavy (non-hydrogen) atoms. The highest BCUT2D eigenvalue weighted by molar-refractivity contribution is 7.18. The van der Waals surface area contributed by atoms with Gasteiger partial charge in [0.2, 0.25) is 0 Å². The zero-order valence-electron chi connectivity index (χ0n) is 14.5. The first kappa shape index (κ1) is 15.4. The van der Waals surface area contributed by atoms with E-state index < -0.39 is 0 Å². The average molecular weight is 339 g/mol. The zero-order valence-corrected chi connectivity index (χ0v) is 15.3. The van der Waals surface area contributed by atoms with Crippen LogP contribution in [0.15, 0.2) is 12.5 Å². The molecular weight excluding hydrogens is 318 g/mol. The summed E-state index contributed by atoms with van der Waals surface area (Å²) < 4.78 is 0. The Morgan fingerprint density at radius 3 is 2.79 bits per heavy atom. The second-order valence-corrected chi connectivity index (χ2v) is 8.08. The molecule has 0 unspecified atom stereocenters. The molecule has 3 aromatic heterocycles. The SMILES string of the molecule is Cc1sc2ncnc(N3Cc4cnc(CC(C)C)nc4C3)c2c1C. The third-order valence-corrected chi connectivity index (χ3v) is 5.66.